The number of sulfonamides is 1. The van der Waals surface area contributed by atoms with Crippen molar-refractivity contribution in [3.05, 3.63) is 88.9 Å². The molecule has 0 radical (unpaired) electrons. The number of ether oxygens (including phenoxy) is 2. The summed E-state index contributed by atoms with van der Waals surface area (Å²) >= 11 is 6.49. The number of methoxy groups -OCH3 is 2. The number of carbonyl (C=O) groups is 2. The van der Waals surface area contributed by atoms with Gasteiger partial charge < -0.3 is 19.7 Å². The van der Waals surface area contributed by atoms with E-state index in [1.165, 1.54) is 31.3 Å². The summed E-state index contributed by atoms with van der Waals surface area (Å²) in [5, 5.41) is 3.38. The van der Waals surface area contributed by atoms with Crippen molar-refractivity contribution >= 4 is 39.1 Å². The summed E-state index contributed by atoms with van der Waals surface area (Å²) in [6.45, 7) is 3.81. The molecule has 1 atom stereocenters. The highest BCUT2D eigenvalue weighted by atomic mass is 35.5. The van der Waals surface area contributed by atoms with Crippen LogP contribution < -0.4 is 19.1 Å². The average Bonchev–Trinajstić information content (AvgIpc) is 2.96. The summed E-state index contributed by atoms with van der Waals surface area (Å²) in [7, 11) is -1.03. The molecule has 9 nitrogen and oxygen atoms in total. The van der Waals surface area contributed by atoms with Gasteiger partial charge in [-0.3, -0.25) is 13.9 Å². The van der Waals surface area contributed by atoms with Gasteiger partial charge in [0.2, 0.25) is 21.8 Å². The van der Waals surface area contributed by atoms with E-state index in [9.17, 15) is 18.0 Å². The van der Waals surface area contributed by atoms with Crippen molar-refractivity contribution in [2.24, 2.45) is 5.92 Å². The minimum Gasteiger partial charge on any atom is -0.493 e. The predicted molar refractivity (Wildman–Crippen MR) is 166 cm³/mol. The van der Waals surface area contributed by atoms with Gasteiger partial charge in [-0.15, -0.1) is 0 Å². The number of rotatable bonds is 14. The molecule has 0 unspecified atom stereocenters. The Morgan fingerprint density at radius 1 is 0.929 bits per heavy atom. The van der Waals surface area contributed by atoms with Crippen LogP contribution in [-0.2, 0) is 32.6 Å². The average molecular weight is 616 g/mol. The zero-order chi connectivity index (χ0) is 30.9. The third kappa shape index (κ3) is 8.87. The maximum atomic E-state index is 14.2. The number of benzene rings is 3. The van der Waals surface area contributed by atoms with Crippen molar-refractivity contribution in [3.63, 3.8) is 0 Å². The number of hydrogen-bond donors (Lipinski definition) is 1. The van der Waals surface area contributed by atoms with E-state index in [0.717, 1.165) is 16.1 Å². The second-order valence-electron chi connectivity index (χ2n) is 10.3. The molecule has 3 aromatic carbocycles. The minimum absolute atomic E-state index is 0.00532. The van der Waals surface area contributed by atoms with E-state index >= 15 is 0 Å². The molecular formula is C31H38ClN3O6S. The Morgan fingerprint density at radius 2 is 1.57 bits per heavy atom. The number of halogens is 1. The molecule has 0 aliphatic carbocycles. The summed E-state index contributed by atoms with van der Waals surface area (Å²) in [5.41, 5.74) is 1.68. The van der Waals surface area contributed by atoms with Crippen LogP contribution in [0.3, 0.4) is 0 Å². The van der Waals surface area contributed by atoms with E-state index in [1.807, 2.05) is 44.2 Å². The van der Waals surface area contributed by atoms with Gasteiger partial charge in [0.05, 0.1) is 26.2 Å². The van der Waals surface area contributed by atoms with Crippen LogP contribution in [0, 0.1) is 5.92 Å². The van der Waals surface area contributed by atoms with E-state index in [4.69, 9.17) is 21.1 Å². The molecule has 0 spiro atoms. The molecule has 0 saturated heterocycles. The third-order valence-corrected chi connectivity index (χ3v) is 8.10. The van der Waals surface area contributed by atoms with Gasteiger partial charge in [0.15, 0.2) is 11.5 Å². The second kappa shape index (κ2) is 14.9. The summed E-state index contributed by atoms with van der Waals surface area (Å²) in [6.07, 6.45) is 1.24. The zero-order valence-electron chi connectivity index (χ0n) is 24.5. The molecule has 0 bridgehead atoms. The third-order valence-electron chi connectivity index (χ3n) is 6.59. The van der Waals surface area contributed by atoms with Gasteiger partial charge in [0.1, 0.15) is 12.6 Å². The van der Waals surface area contributed by atoms with E-state index in [1.54, 1.807) is 30.3 Å². The van der Waals surface area contributed by atoms with Gasteiger partial charge in [-0.05, 0) is 35.2 Å². The Balaban J connectivity index is 2.08. The number of amides is 2. The van der Waals surface area contributed by atoms with Crippen molar-refractivity contribution in [1.82, 2.24) is 10.2 Å². The first-order chi connectivity index (χ1) is 19.9. The van der Waals surface area contributed by atoms with Crippen LogP contribution in [0.1, 0.15) is 25.0 Å². The van der Waals surface area contributed by atoms with E-state index in [0.29, 0.717) is 28.6 Å². The predicted octanol–water partition coefficient (Wildman–Crippen LogP) is 4.54. The van der Waals surface area contributed by atoms with Gasteiger partial charge in [-0.2, -0.15) is 0 Å². The molecule has 2 amide bonds. The first-order valence-corrected chi connectivity index (χ1v) is 15.7. The second-order valence-corrected chi connectivity index (χ2v) is 12.6. The Kier molecular flexibility index (Phi) is 11.6. The molecule has 0 aromatic heterocycles. The molecule has 0 saturated carbocycles. The number of nitrogens with zero attached hydrogens (tertiary/aromatic N) is 2. The quantitative estimate of drug-likeness (QED) is 0.286. The maximum Gasteiger partial charge on any atom is 0.244 e. The lowest BCUT2D eigenvalue weighted by atomic mass is 10.0. The monoisotopic (exact) mass is 615 g/mol. The first-order valence-electron chi connectivity index (χ1n) is 13.5. The van der Waals surface area contributed by atoms with Crippen LogP contribution in [-0.4, -0.2) is 64.7 Å². The molecule has 42 heavy (non-hydrogen) atoms. The van der Waals surface area contributed by atoms with Gasteiger partial charge in [-0.25, -0.2) is 8.42 Å². The molecular weight excluding hydrogens is 578 g/mol. The highest BCUT2D eigenvalue weighted by Crippen LogP contribution is 2.32. The van der Waals surface area contributed by atoms with Crippen LogP contribution in [0.4, 0.5) is 5.69 Å². The lowest BCUT2D eigenvalue weighted by Crippen LogP contribution is -2.53. The number of hydrogen-bond acceptors (Lipinski definition) is 6. The molecule has 3 rings (SSSR count). The molecule has 1 N–H and O–H groups in total. The summed E-state index contributed by atoms with van der Waals surface area (Å²) in [6, 6.07) is 20.1. The Hall–Kier alpha value is -3.76. The van der Waals surface area contributed by atoms with Crippen molar-refractivity contribution in [1.29, 1.82) is 0 Å². The Morgan fingerprint density at radius 3 is 2.17 bits per heavy atom. The van der Waals surface area contributed by atoms with Crippen molar-refractivity contribution < 1.29 is 27.5 Å². The lowest BCUT2D eigenvalue weighted by molar-refractivity contribution is -0.140. The van der Waals surface area contributed by atoms with Gasteiger partial charge in [0, 0.05) is 30.6 Å². The van der Waals surface area contributed by atoms with Crippen LogP contribution in [0.2, 0.25) is 5.02 Å². The van der Waals surface area contributed by atoms with Gasteiger partial charge >= 0.3 is 0 Å². The number of nitrogens with one attached hydrogen (secondary N) is 1. The molecule has 11 heteroatoms. The lowest BCUT2D eigenvalue weighted by Gasteiger charge is -2.34. The first kappa shape index (κ1) is 32.8. The number of anilines is 1. The summed E-state index contributed by atoms with van der Waals surface area (Å²) in [4.78, 5) is 29.3. The zero-order valence-corrected chi connectivity index (χ0v) is 26.1. The fourth-order valence-electron chi connectivity index (χ4n) is 4.38. The largest absolute Gasteiger partial charge is 0.493 e. The molecule has 0 fully saturated rings. The highest BCUT2D eigenvalue weighted by molar-refractivity contribution is 7.92. The molecule has 226 valence electrons. The number of carbonyl (C=O) groups excluding carboxylic acids is 2. The Bertz CT molecular complexity index is 1470. The minimum atomic E-state index is -3.94. The molecule has 0 heterocycles. The standard InChI is InChI=1S/C31H38ClN3O6S/c1-22(2)19-33-31(37)27(17-23-11-7-6-8-12-23)34(20-24-13-9-10-14-26(24)32)30(36)21-35(42(5,38)39)25-15-16-28(40-3)29(18-25)41-4/h6-16,18,22,27H,17,19-21H2,1-5H3,(H,33,37)/t27-/m0/s1. The van der Waals surface area contributed by atoms with E-state index in [-0.39, 0.29) is 30.5 Å². The summed E-state index contributed by atoms with van der Waals surface area (Å²) < 4.78 is 37.7. The fourth-order valence-corrected chi connectivity index (χ4v) is 5.42. The van der Waals surface area contributed by atoms with Crippen molar-refractivity contribution in [2.75, 3.05) is 37.9 Å². The van der Waals surface area contributed by atoms with Gasteiger partial charge in [-0.1, -0.05) is 74.0 Å². The molecule has 0 aliphatic rings. The van der Waals surface area contributed by atoms with Gasteiger partial charge in [0.25, 0.3) is 0 Å². The highest BCUT2D eigenvalue weighted by Gasteiger charge is 2.33. The molecule has 3 aromatic rings. The van der Waals surface area contributed by atoms with Crippen LogP contribution in [0.25, 0.3) is 0 Å². The fraction of sp³-hybridized carbons (Fsp3) is 0.355. The van der Waals surface area contributed by atoms with Crippen molar-refractivity contribution in [2.45, 2.75) is 32.9 Å². The smallest absolute Gasteiger partial charge is 0.244 e. The topological polar surface area (TPSA) is 105 Å². The van der Waals surface area contributed by atoms with Crippen molar-refractivity contribution in [3.8, 4) is 11.5 Å². The van der Waals surface area contributed by atoms with E-state index < -0.39 is 28.5 Å². The SMILES string of the molecule is COc1ccc(N(CC(=O)N(Cc2ccccc2Cl)[C@@H](Cc2ccccc2)C(=O)NCC(C)C)S(C)(=O)=O)cc1OC. The Labute approximate surface area is 253 Å². The normalized spacial score (nSPS) is 12.0. The van der Waals surface area contributed by atoms with Crippen LogP contribution >= 0.6 is 11.6 Å². The van der Waals surface area contributed by atoms with E-state index in [2.05, 4.69) is 5.32 Å². The summed E-state index contributed by atoms with van der Waals surface area (Å²) in [5.74, 6) is -0.0179. The van der Waals surface area contributed by atoms with Crippen LogP contribution in [0.15, 0.2) is 72.8 Å². The molecule has 0 aliphatic heterocycles. The van der Waals surface area contributed by atoms with Crippen LogP contribution in [0.5, 0.6) is 11.5 Å². The maximum absolute atomic E-state index is 14.2.